The molecule has 1 aliphatic rings. The van der Waals surface area contributed by atoms with Crippen molar-refractivity contribution in [3.8, 4) is 0 Å². The Bertz CT molecular complexity index is 902. The Kier molecular flexibility index (Phi) is 4.39. The molecule has 1 aliphatic heterocycles. The van der Waals surface area contributed by atoms with Gasteiger partial charge in [-0.05, 0) is 60.6 Å². The van der Waals surface area contributed by atoms with Crippen LogP contribution in [0.15, 0.2) is 12.1 Å². The van der Waals surface area contributed by atoms with E-state index in [0.717, 1.165) is 10.7 Å². The molecule has 3 rings (SSSR count). The maximum atomic E-state index is 14.7. The molecule has 27 heavy (non-hydrogen) atoms. The van der Waals surface area contributed by atoms with Crippen molar-refractivity contribution in [1.82, 2.24) is 9.78 Å². The van der Waals surface area contributed by atoms with Gasteiger partial charge in [0.05, 0.1) is 22.1 Å². The zero-order chi connectivity index (χ0) is 20.4. The minimum Gasteiger partial charge on any atom is -0.442 e. The molecule has 146 valence electrons. The van der Waals surface area contributed by atoms with Gasteiger partial charge < -0.3 is 14.0 Å². The minimum absolute atomic E-state index is 0.0610. The molecule has 9 heteroatoms. The highest BCUT2D eigenvalue weighted by atomic mass is 19.1. The van der Waals surface area contributed by atoms with Crippen molar-refractivity contribution in [2.45, 2.75) is 65.3 Å². The topological polar surface area (TPSA) is 62.6 Å². The Balaban J connectivity index is 2.08. The summed E-state index contributed by atoms with van der Waals surface area (Å²) >= 11 is 0. The summed E-state index contributed by atoms with van der Waals surface area (Å²) in [6.45, 7) is 12.4. The second-order valence-corrected chi connectivity index (χ2v) is 8.66. The van der Waals surface area contributed by atoms with Crippen LogP contribution < -0.4 is 5.46 Å². The van der Waals surface area contributed by atoms with Crippen molar-refractivity contribution < 1.29 is 27.6 Å². The van der Waals surface area contributed by atoms with Crippen LogP contribution in [0.3, 0.4) is 0 Å². The predicted octanol–water partition coefficient (Wildman–Crippen LogP) is 3.40. The second-order valence-electron chi connectivity index (χ2n) is 8.66. The molecule has 6 nitrogen and oxygen atoms in total. The van der Waals surface area contributed by atoms with E-state index in [2.05, 4.69) is 5.10 Å². The van der Waals surface area contributed by atoms with Crippen LogP contribution in [0.1, 0.15) is 48.5 Å². The summed E-state index contributed by atoms with van der Waals surface area (Å²) in [6, 6.07) is 2.30. The van der Waals surface area contributed by atoms with E-state index in [1.165, 1.54) is 6.07 Å². The summed E-state index contributed by atoms with van der Waals surface area (Å²) in [6.07, 6.45) is -0.858. The van der Waals surface area contributed by atoms with E-state index >= 15 is 0 Å². The molecule has 0 atom stereocenters. The molecular weight excluding hydrogens is 357 g/mol. The average Bonchev–Trinajstić information content (AvgIpc) is 2.90. The number of hydrogen-bond donors (Lipinski definition) is 0. The molecule has 0 radical (unpaired) electrons. The monoisotopic (exact) mass is 380 g/mol. The Morgan fingerprint density at radius 1 is 1.15 bits per heavy atom. The quantitative estimate of drug-likeness (QED) is 0.710. The molecule has 0 bridgehead atoms. The summed E-state index contributed by atoms with van der Waals surface area (Å²) < 4.78 is 46.6. The van der Waals surface area contributed by atoms with Gasteiger partial charge in [0.2, 0.25) is 5.95 Å². The van der Waals surface area contributed by atoms with Crippen molar-refractivity contribution in [2.75, 3.05) is 0 Å². The van der Waals surface area contributed by atoms with E-state index in [1.54, 1.807) is 20.8 Å². The smallest absolute Gasteiger partial charge is 0.442 e. The van der Waals surface area contributed by atoms with Crippen molar-refractivity contribution >= 4 is 29.6 Å². The first-order valence-electron chi connectivity index (χ1n) is 8.68. The fraction of sp³-hybridized carbons (Fsp3) is 0.556. The number of halogens is 2. The summed E-state index contributed by atoms with van der Waals surface area (Å²) in [5.41, 5.74) is -2.00. The van der Waals surface area contributed by atoms with Crippen LogP contribution in [0.25, 0.3) is 10.9 Å². The van der Waals surface area contributed by atoms with Crippen LogP contribution in [-0.4, -0.2) is 39.8 Å². The number of hydrogen-bond acceptors (Lipinski definition) is 5. The van der Waals surface area contributed by atoms with E-state index in [9.17, 15) is 13.6 Å². The fourth-order valence-electron chi connectivity index (χ4n) is 2.71. The average molecular weight is 380 g/mol. The van der Waals surface area contributed by atoms with Gasteiger partial charge in [-0.15, -0.1) is 5.10 Å². The number of fused-ring (bicyclic) bond motifs is 1. The number of aromatic nitrogens is 2. The molecule has 0 spiro atoms. The Morgan fingerprint density at radius 3 is 2.22 bits per heavy atom. The normalized spacial score (nSPS) is 18.9. The number of benzene rings is 1. The van der Waals surface area contributed by atoms with Gasteiger partial charge in [0.15, 0.2) is 0 Å². The van der Waals surface area contributed by atoms with E-state index in [1.807, 2.05) is 27.7 Å². The van der Waals surface area contributed by atoms with Gasteiger partial charge in [-0.25, -0.2) is 9.18 Å². The summed E-state index contributed by atoms with van der Waals surface area (Å²) in [4.78, 5) is 12.4. The van der Waals surface area contributed by atoms with Gasteiger partial charge in [-0.1, -0.05) is 0 Å². The Hall–Kier alpha value is -2.00. The molecule has 0 amide bonds. The van der Waals surface area contributed by atoms with Crippen molar-refractivity contribution in [1.29, 1.82) is 0 Å². The van der Waals surface area contributed by atoms with Crippen LogP contribution in [0.5, 0.6) is 0 Å². The summed E-state index contributed by atoms with van der Waals surface area (Å²) in [5.74, 6) is -1.67. The van der Waals surface area contributed by atoms with Gasteiger partial charge >= 0.3 is 13.2 Å². The maximum absolute atomic E-state index is 14.7. The van der Waals surface area contributed by atoms with Crippen LogP contribution in [0, 0.1) is 11.8 Å². The molecule has 1 aromatic carbocycles. The van der Waals surface area contributed by atoms with E-state index in [0.29, 0.717) is 0 Å². The highest BCUT2D eigenvalue weighted by Gasteiger charge is 2.52. The number of ether oxygens (including phenoxy) is 1. The molecule has 2 heterocycles. The first kappa shape index (κ1) is 19.8. The highest BCUT2D eigenvalue weighted by Crippen LogP contribution is 2.37. The van der Waals surface area contributed by atoms with Gasteiger partial charge in [0, 0.05) is 5.46 Å². The van der Waals surface area contributed by atoms with Crippen LogP contribution in [0.2, 0.25) is 0 Å². The predicted molar refractivity (Wildman–Crippen MR) is 97.0 cm³/mol. The van der Waals surface area contributed by atoms with E-state index < -0.39 is 41.8 Å². The zero-order valence-corrected chi connectivity index (χ0v) is 16.5. The molecule has 0 unspecified atom stereocenters. The first-order valence-corrected chi connectivity index (χ1v) is 8.68. The number of rotatable bonds is 1. The fourth-order valence-corrected chi connectivity index (χ4v) is 2.71. The van der Waals surface area contributed by atoms with E-state index in [-0.39, 0.29) is 16.4 Å². The first-order chi connectivity index (χ1) is 12.2. The molecule has 0 saturated carbocycles. The number of carbonyl (C=O) groups excluding carboxylic acids is 1. The molecule has 0 N–H and O–H groups in total. The lowest BCUT2D eigenvalue weighted by atomic mass is 9.78. The van der Waals surface area contributed by atoms with Crippen molar-refractivity contribution in [2.24, 2.45) is 0 Å². The Morgan fingerprint density at radius 2 is 1.70 bits per heavy atom. The third-order valence-corrected chi connectivity index (χ3v) is 4.83. The lowest BCUT2D eigenvalue weighted by Gasteiger charge is -2.32. The zero-order valence-electron chi connectivity index (χ0n) is 16.5. The van der Waals surface area contributed by atoms with Gasteiger partial charge in [-0.3, -0.25) is 0 Å². The SMILES string of the molecule is CC(C)(C)OC(=O)n1nc(F)c2cc(F)c(B3OC(C)(C)C(C)(C)O3)cc21. The molecular formula is C18H23BF2N2O4. The van der Waals surface area contributed by atoms with Crippen molar-refractivity contribution in [3.63, 3.8) is 0 Å². The third-order valence-electron chi connectivity index (χ3n) is 4.83. The summed E-state index contributed by atoms with van der Waals surface area (Å²) in [5, 5.41) is 3.44. The maximum Gasteiger partial charge on any atom is 0.497 e. The van der Waals surface area contributed by atoms with Crippen LogP contribution >= 0.6 is 0 Å². The lowest BCUT2D eigenvalue weighted by Crippen LogP contribution is -2.41. The number of carbonyl (C=O) groups is 1. The molecule has 0 aliphatic carbocycles. The highest BCUT2D eigenvalue weighted by molar-refractivity contribution is 6.62. The molecule has 1 saturated heterocycles. The molecule has 1 aromatic heterocycles. The molecule has 2 aromatic rings. The van der Waals surface area contributed by atoms with Crippen LogP contribution in [-0.2, 0) is 14.0 Å². The van der Waals surface area contributed by atoms with Crippen molar-refractivity contribution in [3.05, 3.63) is 23.9 Å². The minimum atomic E-state index is -0.996. The van der Waals surface area contributed by atoms with Gasteiger partial charge in [0.25, 0.3) is 0 Å². The van der Waals surface area contributed by atoms with Gasteiger partial charge in [-0.2, -0.15) is 9.07 Å². The summed E-state index contributed by atoms with van der Waals surface area (Å²) in [7, 11) is -0.996. The number of nitrogens with zero attached hydrogens (tertiary/aromatic N) is 2. The largest absolute Gasteiger partial charge is 0.497 e. The third kappa shape index (κ3) is 3.45. The van der Waals surface area contributed by atoms with Crippen LogP contribution in [0.4, 0.5) is 13.6 Å². The Labute approximate surface area is 156 Å². The second kappa shape index (κ2) is 6.00. The van der Waals surface area contributed by atoms with Gasteiger partial charge in [0.1, 0.15) is 11.4 Å². The lowest BCUT2D eigenvalue weighted by molar-refractivity contribution is 0.00578. The molecule has 1 fully saturated rings. The standard InChI is InChI=1S/C18H23BF2N2O4/c1-16(2,3)25-15(24)23-13-9-11(12(20)8-10(13)14(21)22-23)19-26-17(4,5)18(6,7)27-19/h8-9H,1-7H3. The van der Waals surface area contributed by atoms with E-state index in [4.69, 9.17) is 14.0 Å².